The quantitative estimate of drug-likeness (QED) is 0.878. The van der Waals surface area contributed by atoms with Crippen molar-refractivity contribution in [1.29, 1.82) is 0 Å². The summed E-state index contributed by atoms with van der Waals surface area (Å²) in [6.07, 6.45) is 1.64. The molecule has 0 bridgehead atoms. The number of hydrogen-bond donors (Lipinski definition) is 2. The molecule has 20 heavy (non-hydrogen) atoms. The Morgan fingerprint density at radius 1 is 1.45 bits per heavy atom. The second-order valence-electron chi connectivity index (χ2n) is 5.61. The summed E-state index contributed by atoms with van der Waals surface area (Å²) in [6.45, 7) is 5.22. The molecule has 6 heteroatoms. The van der Waals surface area contributed by atoms with Gasteiger partial charge >= 0.3 is 0 Å². The number of aryl methyl sites for hydroxylation is 1. The number of nitrogens with one attached hydrogen (secondary N) is 1. The molecule has 1 aromatic carbocycles. The summed E-state index contributed by atoms with van der Waals surface area (Å²) in [4.78, 5) is 0.260. The summed E-state index contributed by atoms with van der Waals surface area (Å²) in [5.74, 6) is 0. The van der Waals surface area contributed by atoms with Gasteiger partial charge in [0.1, 0.15) is 0 Å². The van der Waals surface area contributed by atoms with Gasteiger partial charge in [-0.2, -0.15) is 0 Å². The van der Waals surface area contributed by atoms with Gasteiger partial charge in [-0.25, -0.2) is 13.1 Å². The van der Waals surface area contributed by atoms with Crippen molar-refractivity contribution in [2.45, 2.75) is 43.7 Å². The zero-order chi connectivity index (χ0) is 14.8. The van der Waals surface area contributed by atoms with E-state index in [4.69, 9.17) is 10.5 Å². The van der Waals surface area contributed by atoms with E-state index >= 15 is 0 Å². The normalized spacial score (nSPS) is 23.8. The van der Waals surface area contributed by atoms with E-state index in [1.165, 1.54) is 0 Å². The minimum Gasteiger partial charge on any atom is -0.380 e. The molecule has 3 N–H and O–H groups in total. The molecular formula is C14H22N2O3S. The number of ether oxygens (including phenoxy) is 1. The SMILES string of the molecule is Cc1ccc(S(=O)(=O)NC2(C)CCCOC2)cc1CN. The summed E-state index contributed by atoms with van der Waals surface area (Å²) in [7, 11) is -3.55. The van der Waals surface area contributed by atoms with Crippen LogP contribution in [0.1, 0.15) is 30.9 Å². The largest absolute Gasteiger partial charge is 0.380 e. The summed E-state index contributed by atoms with van der Waals surface area (Å²) >= 11 is 0. The van der Waals surface area contributed by atoms with Crippen LogP contribution in [0, 0.1) is 6.92 Å². The van der Waals surface area contributed by atoms with Gasteiger partial charge in [0.2, 0.25) is 10.0 Å². The third-order valence-corrected chi connectivity index (χ3v) is 5.31. The molecule has 1 fully saturated rings. The van der Waals surface area contributed by atoms with Crippen LogP contribution in [-0.4, -0.2) is 27.2 Å². The van der Waals surface area contributed by atoms with Gasteiger partial charge in [-0.1, -0.05) is 6.07 Å². The first kappa shape index (κ1) is 15.4. The van der Waals surface area contributed by atoms with Crippen LogP contribution in [0.25, 0.3) is 0 Å². The molecule has 0 spiro atoms. The Kier molecular flexibility index (Phi) is 4.49. The maximum absolute atomic E-state index is 12.5. The molecule has 0 amide bonds. The fraction of sp³-hybridized carbons (Fsp3) is 0.571. The van der Waals surface area contributed by atoms with E-state index in [0.29, 0.717) is 19.8 Å². The lowest BCUT2D eigenvalue weighted by molar-refractivity contribution is 0.0386. The first-order valence-corrected chi connectivity index (χ1v) is 8.26. The number of nitrogens with two attached hydrogens (primary N) is 1. The zero-order valence-corrected chi connectivity index (χ0v) is 12.8. The van der Waals surface area contributed by atoms with Crippen molar-refractivity contribution in [3.8, 4) is 0 Å². The Morgan fingerprint density at radius 3 is 2.80 bits per heavy atom. The first-order chi connectivity index (χ1) is 9.36. The Hall–Kier alpha value is -0.950. The lowest BCUT2D eigenvalue weighted by atomic mass is 9.97. The van der Waals surface area contributed by atoms with E-state index in [2.05, 4.69) is 4.72 Å². The predicted octanol–water partition coefficient (Wildman–Crippen LogP) is 1.30. The van der Waals surface area contributed by atoms with E-state index in [1.54, 1.807) is 18.2 Å². The summed E-state index contributed by atoms with van der Waals surface area (Å²) in [6, 6.07) is 5.05. The van der Waals surface area contributed by atoms with Crippen LogP contribution in [0.15, 0.2) is 23.1 Å². The molecule has 1 unspecified atom stereocenters. The van der Waals surface area contributed by atoms with Crippen LogP contribution in [0.4, 0.5) is 0 Å². The van der Waals surface area contributed by atoms with Gasteiger partial charge < -0.3 is 10.5 Å². The first-order valence-electron chi connectivity index (χ1n) is 6.78. The van der Waals surface area contributed by atoms with Crippen LogP contribution < -0.4 is 10.5 Å². The van der Waals surface area contributed by atoms with Crippen LogP contribution in [0.5, 0.6) is 0 Å². The number of hydrogen-bond acceptors (Lipinski definition) is 4. The van der Waals surface area contributed by atoms with Crippen LogP contribution in [0.3, 0.4) is 0 Å². The molecule has 1 saturated heterocycles. The highest BCUT2D eigenvalue weighted by Crippen LogP contribution is 2.22. The molecule has 5 nitrogen and oxygen atoms in total. The Bertz CT molecular complexity index is 578. The second kappa shape index (κ2) is 5.81. The second-order valence-corrected chi connectivity index (χ2v) is 7.30. The van der Waals surface area contributed by atoms with Crippen molar-refractivity contribution < 1.29 is 13.2 Å². The molecule has 1 aliphatic rings. The molecule has 0 aromatic heterocycles. The average molecular weight is 298 g/mol. The Morgan fingerprint density at radius 2 is 2.20 bits per heavy atom. The van der Waals surface area contributed by atoms with Gasteiger partial charge in [-0.3, -0.25) is 0 Å². The molecule has 0 radical (unpaired) electrons. The molecule has 0 saturated carbocycles. The van der Waals surface area contributed by atoms with Crippen molar-refractivity contribution in [2.24, 2.45) is 5.73 Å². The van der Waals surface area contributed by atoms with Crippen LogP contribution >= 0.6 is 0 Å². The van der Waals surface area contributed by atoms with Gasteiger partial charge in [0.25, 0.3) is 0 Å². The third kappa shape index (κ3) is 3.38. The van der Waals surface area contributed by atoms with Crippen molar-refractivity contribution >= 4 is 10.0 Å². The van der Waals surface area contributed by atoms with Crippen LogP contribution in [-0.2, 0) is 21.3 Å². The lowest BCUT2D eigenvalue weighted by Gasteiger charge is -2.33. The van der Waals surface area contributed by atoms with E-state index in [0.717, 1.165) is 24.0 Å². The Balaban J connectivity index is 2.26. The van der Waals surface area contributed by atoms with Crippen molar-refractivity contribution in [2.75, 3.05) is 13.2 Å². The minimum absolute atomic E-state index is 0.260. The van der Waals surface area contributed by atoms with E-state index in [9.17, 15) is 8.42 Å². The number of rotatable bonds is 4. The maximum atomic E-state index is 12.5. The van der Waals surface area contributed by atoms with Gasteiger partial charge in [0.15, 0.2) is 0 Å². The van der Waals surface area contributed by atoms with E-state index in [-0.39, 0.29) is 4.90 Å². The standard InChI is InChI=1S/C14H22N2O3S/c1-11-4-5-13(8-12(11)9-15)20(17,18)16-14(2)6-3-7-19-10-14/h4-5,8,16H,3,6-7,9-10,15H2,1-2H3. The highest BCUT2D eigenvalue weighted by Gasteiger charge is 2.33. The summed E-state index contributed by atoms with van der Waals surface area (Å²) in [5.41, 5.74) is 6.95. The fourth-order valence-corrected chi connectivity index (χ4v) is 3.90. The predicted molar refractivity (Wildman–Crippen MR) is 77.8 cm³/mol. The van der Waals surface area contributed by atoms with Crippen LogP contribution in [0.2, 0.25) is 0 Å². The number of benzene rings is 1. The lowest BCUT2D eigenvalue weighted by Crippen LogP contribution is -2.51. The molecule has 1 atom stereocenters. The molecule has 2 rings (SSSR count). The minimum atomic E-state index is -3.55. The van der Waals surface area contributed by atoms with Crippen molar-refractivity contribution in [3.63, 3.8) is 0 Å². The van der Waals surface area contributed by atoms with Gasteiger partial charge in [-0.15, -0.1) is 0 Å². The van der Waals surface area contributed by atoms with Gasteiger partial charge in [0, 0.05) is 13.2 Å². The molecule has 1 aromatic rings. The summed E-state index contributed by atoms with van der Waals surface area (Å²) in [5, 5.41) is 0. The highest BCUT2D eigenvalue weighted by atomic mass is 32.2. The molecule has 1 heterocycles. The third-order valence-electron chi connectivity index (χ3n) is 3.67. The fourth-order valence-electron chi connectivity index (χ4n) is 2.43. The molecular weight excluding hydrogens is 276 g/mol. The zero-order valence-electron chi connectivity index (χ0n) is 12.0. The molecule has 0 aliphatic carbocycles. The average Bonchev–Trinajstić information content (AvgIpc) is 2.38. The summed E-state index contributed by atoms with van der Waals surface area (Å²) < 4.78 is 33.1. The molecule has 1 aliphatic heterocycles. The topological polar surface area (TPSA) is 81.4 Å². The van der Waals surface area contributed by atoms with Crippen molar-refractivity contribution in [1.82, 2.24) is 4.72 Å². The number of sulfonamides is 1. The van der Waals surface area contributed by atoms with Gasteiger partial charge in [0.05, 0.1) is 17.0 Å². The monoisotopic (exact) mass is 298 g/mol. The Labute approximate surface area is 120 Å². The van der Waals surface area contributed by atoms with Crippen molar-refractivity contribution in [3.05, 3.63) is 29.3 Å². The highest BCUT2D eigenvalue weighted by molar-refractivity contribution is 7.89. The molecule has 112 valence electrons. The smallest absolute Gasteiger partial charge is 0.241 e. The maximum Gasteiger partial charge on any atom is 0.241 e. The van der Waals surface area contributed by atoms with E-state index in [1.807, 2.05) is 13.8 Å². The van der Waals surface area contributed by atoms with E-state index < -0.39 is 15.6 Å². The van der Waals surface area contributed by atoms with Gasteiger partial charge in [-0.05, 0) is 49.9 Å².